The molecule has 0 aromatic heterocycles. The number of phenolic OH excluding ortho intramolecular Hbond substituents is 1. The second-order valence-electron chi connectivity index (χ2n) is 6.38. The first kappa shape index (κ1) is 22.8. The Balaban J connectivity index is 0.000000922. The average molecular weight is 383 g/mol. The van der Waals surface area contributed by atoms with Gasteiger partial charge in [-0.2, -0.15) is 8.42 Å². The fraction of sp³-hybridized carbons (Fsp3) is 0.571. The van der Waals surface area contributed by atoms with Gasteiger partial charge in [-0.15, -0.1) is 0 Å². The molecule has 0 aliphatic carbocycles. The predicted octanol–water partition coefficient (Wildman–Crippen LogP) is 0.721. The van der Waals surface area contributed by atoms with E-state index in [-0.39, 0.29) is 16.2 Å². The first-order valence-electron chi connectivity index (χ1n) is 6.89. The molecule has 0 saturated heterocycles. The van der Waals surface area contributed by atoms with E-state index in [0.717, 1.165) is 6.26 Å². The Labute approximate surface area is 143 Å². The molecule has 0 bridgehead atoms. The van der Waals surface area contributed by atoms with Crippen LogP contribution in [-0.2, 0) is 20.0 Å². The Bertz CT molecular complexity index is 742. The molecule has 24 heavy (non-hydrogen) atoms. The number of hydrogen-bond donors (Lipinski definition) is 4. The summed E-state index contributed by atoms with van der Waals surface area (Å²) in [6.07, 6.45) is 0.902. The van der Waals surface area contributed by atoms with E-state index < -0.39 is 26.1 Å². The highest BCUT2D eigenvalue weighted by atomic mass is 32.2. The van der Waals surface area contributed by atoms with Crippen LogP contribution in [0.3, 0.4) is 0 Å². The molecule has 1 unspecified atom stereocenters. The minimum absolute atomic E-state index is 0.141. The van der Waals surface area contributed by atoms with Crippen LogP contribution in [0.15, 0.2) is 23.1 Å². The largest absolute Gasteiger partial charge is 0.507 e. The van der Waals surface area contributed by atoms with Crippen molar-refractivity contribution < 1.29 is 31.6 Å². The smallest absolute Gasteiger partial charge is 0.261 e. The van der Waals surface area contributed by atoms with Crippen molar-refractivity contribution in [1.29, 1.82) is 0 Å². The zero-order valence-corrected chi connectivity index (χ0v) is 15.9. The Morgan fingerprint density at radius 2 is 1.58 bits per heavy atom. The molecule has 140 valence electrons. The van der Waals surface area contributed by atoms with Crippen LogP contribution >= 0.6 is 0 Å². The quantitative estimate of drug-likeness (QED) is 0.557. The number of aromatic hydroxyl groups is 1. The molecule has 0 aliphatic rings. The predicted molar refractivity (Wildman–Crippen MR) is 91.4 cm³/mol. The van der Waals surface area contributed by atoms with Crippen molar-refractivity contribution in [3.8, 4) is 5.75 Å². The number of phenols is 1. The maximum atomic E-state index is 11.5. The van der Waals surface area contributed by atoms with Crippen molar-refractivity contribution in [3.05, 3.63) is 23.8 Å². The lowest BCUT2D eigenvalue weighted by atomic mass is 10.1. The van der Waals surface area contributed by atoms with E-state index in [2.05, 4.69) is 5.32 Å². The van der Waals surface area contributed by atoms with Crippen molar-refractivity contribution in [1.82, 2.24) is 5.32 Å². The molecule has 4 N–H and O–H groups in total. The van der Waals surface area contributed by atoms with Gasteiger partial charge in [-0.05, 0) is 38.5 Å². The first-order chi connectivity index (χ1) is 10.5. The number of sulfone groups is 1. The van der Waals surface area contributed by atoms with Gasteiger partial charge in [0.25, 0.3) is 10.1 Å². The highest BCUT2D eigenvalue weighted by Gasteiger charge is 2.18. The topological polar surface area (TPSA) is 141 Å². The summed E-state index contributed by atoms with van der Waals surface area (Å²) in [5.74, 6) is -0.303. The van der Waals surface area contributed by atoms with Crippen LogP contribution in [0.4, 0.5) is 0 Å². The fourth-order valence-electron chi connectivity index (χ4n) is 1.56. The number of β-amino-alcohol motifs (C(OH)–C–C–N with tert-alkyl or cyclic N) is 1. The molecule has 0 fully saturated rings. The Hall–Kier alpha value is -1.20. The van der Waals surface area contributed by atoms with E-state index in [1.54, 1.807) is 0 Å². The molecule has 10 heteroatoms. The summed E-state index contributed by atoms with van der Waals surface area (Å²) in [7, 11) is -7.18. The molecule has 0 radical (unpaired) electrons. The van der Waals surface area contributed by atoms with Crippen molar-refractivity contribution in [2.75, 3.05) is 19.1 Å². The molecular formula is C14H25NO7S2. The van der Waals surface area contributed by atoms with Crippen molar-refractivity contribution in [3.63, 3.8) is 0 Å². The van der Waals surface area contributed by atoms with Crippen LogP contribution in [0.5, 0.6) is 5.75 Å². The molecule has 0 heterocycles. The lowest BCUT2D eigenvalue weighted by Gasteiger charge is -2.23. The van der Waals surface area contributed by atoms with Crippen LogP contribution < -0.4 is 5.32 Å². The summed E-state index contributed by atoms with van der Waals surface area (Å²) in [5, 5.41) is 22.7. The summed E-state index contributed by atoms with van der Waals surface area (Å²) in [5.41, 5.74) is 0.312. The van der Waals surface area contributed by atoms with Crippen LogP contribution in [0.25, 0.3) is 0 Å². The van der Waals surface area contributed by atoms with E-state index in [4.69, 9.17) is 4.55 Å². The third kappa shape index (κ3) is 10.6. The second-order valence-corrected chi connectivity index (χ2v) is 9.83. The Kier molecular flexibility index (Phi) is 7.84. The summed E-state index contributed by atoms with van der Waals surface area (Å²) in [6.45, 7) is 6.22. The summed E-state index contributed by atoms with van der Waals surface area (Å²) in [4.78, 5) is -0.167. The van der Waals surface area contributed by atoms with Gasteiger partial charge in [0.15, 0.2) is 9.84 Å². The van der Waals surface area contributed by atoms with Gasteiger partial charge in [-0.3, -0.25) is 4.55 Å². The monoisotopic (exact) mass is 383 g/mol. The summed E-state index contributed by atoms with van der Waals surface area (Å²) >= 11 is 0. The molecule has 1 aromatic carbocycles. The van der Waals surface area contributed by atoms with Crippen LogP contribution in [0.1, 0.15) is 32.4 Å². The highest BCUT2D eigenvalue weighted by Crippen LogP contribution is 2.26. The molecule has 0 saturated carbocycles. The molecule has 0 spiro atoms. The number of rotatable bonds is 4. The van der Waals surface area contributed by atoms with Crippen LogP contribution in [-0.4, -0.2) is 56.2 Å². The summed E-state index contributed by atoms with van der Waals surface area (Å²) < 4.78 is 48.8. The van der Waals surface area contributed by atoms with Gasteiger partial charge in [-0.25, -0.2) is 8.42 Å². The maximum absolute atomic E-state index is 11.5. The minimum Gasteiger partial charge on any atom is -0.507 e. The normalized spacial score (nSPS) is 13.8. The second kappa shape index (κ2) is 8.26. The molecule has 1 aromatic rings. The molecule has 0 aliphatic heterocycles. The van der Waals surface area contributed by atoms with Crippen molar-refractivity contribution >= 4 is 20.0 Å². The maximum Gasteiger partial charge on any atom is 0.261 e. The van der Waals surface area contributed by atoms with Crippen LogP contribution in [0.2, 0.25) is 0 Å². The fourth-order valence-corrected chi connectivity index (χ4v) is 2.35. The van der Waals surface area contributed by atoms with E-state index in [1.165, 1.54) is 18.2 Å². The molecular weight excluding hydrogens is 358 g/mol. The van der Waals surface area contributed by atoms with Gasteiger partial charge in [0.2, 0.25) is 0 Å². The Morgan fingerprint density at radius 1 is 1.12 bits per heavy atom. The minimum atomic E-state index is -3.67. The van der Waals surface area contributed by atoms with E-state index in [1.807, 2.05) is 20.8 Å². The van der Waals surface area contributed by atoms with Gasteiger partial charge in [-0.1, -0.05) is 6.07 Å². The van der Waals surface area contributed by atoms with Gasteiger partial charge < -0.3 is 15.5 Å². The van der Waals surface area contributed by atoms with Crippen molar-refractivity contribution in [2.45, 2.75) is 37.3 Å². The van der Waals surface area contributed by atoms with Gasteiger partial charge >= 0.3 is 0 Å². The number of hydrogen-bond acceptors (Lipinski definition) is 7. The number of aliphatic hydroxyl groups excluding tert-OH is 1. The van der Waals surface area contributed by atoms with Gasteiger partial charge in [0.1, 0.15) is 10.6 Å². The van der Waals surface area contributed by atoms with E-state index in [0.29, 0.717) is 18.4 Å². The zero-order valence-electron chi connectivity index (χ0n) is 14.3. The van der Waals surface area contributed by atoms with Gasteiger partial charge in [0.05, 0.1) is 12.4 Å². The molecule has 0 amide bonds. The molecule has 1 atom stereocenters. The van der Waals surface area contributed by atoms with Crippen LogP contribution in [0, 0.1) is 0 Å². The van der Waals surface area contributed by atoms with E-state index >= 15 is 0 Å². The number of aliphatic hydroxyl groups is 1. The SMILES string of the molecule is CC(C)(C)NCC(O)c1ccc(O)c(S(C)(=O)=O)c1.CS(=O)(=O)O. The molecule has 8 nitrogen and oxygen atoms in total. The standard InChI is InChI=1S/C13H21NO4S.CH4O3S/c1-13(2,3)14-8-11(16)9-5-6-10(15)12(7-9)19(4,17)18;1-5(2,3)4/h5-7,11,14-16H,8H2,1-4H3;1H3,(H,2,3,4). The average Bonchev–Trinajstić information content (AvgIpc) is 2.32. The third-order valence-corrected chi connectivity index (χ3v) is 3.72. The number of benzene rings is 1. The lowest BCUT2D eigenvalue weighted by molar-refractivity contribution is 0.163. The number of nitrogens with one attached hydrogen (secondary N) is 1. The zero-order chi connectivity index (χ0) is 19.3. The van der Waals surface area contributed by atoms with Gasteiger partial charge in [0, 0.05) is 18.3 Å². The lowest BCUT2D eigenvalue weighted by Crippen LogP contribution is -2.38. The Morgan fingerprint density at radius 3 is 1.96 bits per heavy atom. The van der Waals surface area contributed by atoms with E-state index in [9.17, 15) is 27.0 Å². The summed E-state index contributed by atoms with van der Waals surface area (Å²) in [6, 6.07) is 4.10. The van der Waals surface area contributed by atoms with Crippen molar-refractivity contribution in [2.24, 2.45) is 0 Å². The highest BCUT2D eigenvalue weighted by molar-refractivity contribution is 7.90. The first-order valence-corrected chi connectivity index (χ1v) is 10.6. The third-order valence-electron chi connectivity index (χ3n) is 2.59. The molecule has 1 rings (SSSR count).